The highest BCUT2D eigenvalue weighted by molar-refractivity contribution is 5.90. The quantitative estimate of drug-likeness (QED) is 0.0698. The molecule has 4 fully saturated rings. The number of hydrogen-bond donors (Lipinski definition) is 12. The van der Waals surface area contributed by atoms with Crippen molar-refractivity contribution in [3.8, 4) is 0 Å². The summed E-state index contributed by atoms with van der Waals surface area (Å²) in [5.74, 6) is -0.0969. The number of nitrogens with two attached hydrogens (primary N) is 4. The molecular weight excluding hydrogens is 588 g/mol. The summed E-state index contributed by atoms with van der Waals surface area (Å²) in [6.07, 6.45) is -9.91. The lowest BCUT2D eigenvalue weighted by atomic mass is 9.83. The van der Waals surface area contributed by atoms with Crippen molar-refractivity contribution in [2.75, 3.05) is 46.1 Å². The smallest absolute Gasteiger partial charge is 0.186 e. The van der Waals surface area contributed by atoms with Crippen molar-refractivity contribution in [2.24, 2.45) is 33.8 Å². The third-order valence-electron chi connectivity index (χ3n) is 8.75. The fourth-order valence-corrected chi connectivity index (χ4v) is 5.80. The Morgan fingerprint density at radius 3 is 2.32 bits per heavy atom. The van der Waals surface area contributed by atoms with E-state index in [0.29, 0.717) is 19.4 Å². The van der Waals surface area contributed by atoms with Crippen LogP contribution in [0.2, 0.25) is 0 Å². The monoisotopic (exact) mass is 638 g/mol. The molecule has 0 spiro atoms. The first-order chi connectivity index (χ1) is 20.9. The lowest BCUT2D eigenvalue weighted by Gasteiger charge is -2.47. The van der Waals surface area contributed by atoms with Gasteiger partial charge in [-0.3, -0.25) is 4.99 Å². The van der Waals surface area contributed by atoms with Crippen LogP contribution in [0.3, 0.4) is 0 Å². The summed E-state index contributed by atoms with van der Waals surface area (Å²) in [6, 6.07) is -3.55. The molecule has 0 aromatic carbocycles. The van der Waals surface area contributed by atoms with Crippen molar-refractivity contribution >= 4 is 5.84 Å². The summed E-state index contributed by atoms with van der Waals surface area (Å²) in [4.78, 5) is 4.42. The predicted molar refractivity (Wildman–Crippen MR) is 152 cm³/mol. The molecule has 18 heteroatoms. The molecule has 0 aromatic heterocycles. The maximum Gasteiger partial charge on any atom is 0.186 e. The summed E-state index contributed by atoms with van der Waals surface area (Å²) in [6.45, 7) is -0.0656. The van der Waals surface area contributed by atoms with Crippen LogP contribution in [-0.4, -0.2) is 173 Å². The van der Waals surface area contributed by atoms with Crippen molar-refractivity contribution in [2.45, 2.75) is 104 Å². The largest absolute Gasteiger partial charge is 0.394 e. The minimum Gasteiger partial charge on any atom is -0.394 e. The van der Waals surface area contributed by atoms with Crippen molar-refractivity contribution < 1.29 is 59.4 Å². The Kier molecular flexibility index (Phi) is 12.7. The highest BCUT2D eigenvalue weighted by Gasteiger charge is 2.51. The second-order valence-corrected chi connectivity index (χ2v) is 12.3. The van der Waals surface area contributed by atoms with E-state index >= 15 is 0 Å². The molecule has 4 aliphatic rings. The second-order valence-electron chi connectivity index (χ2n) is 12.3. The summed E-state index contributed by atoms with van der Waals surface area (Å²) in [5.41, 5.74) is 23.4. The molecule has 44 heavy (non-hydrogen) atoms. The van der Waals surface area contributed by atoms with Crippen LogP contribution < -0.4 is 28.3 Å². The van der Waals surface area contributed by atoms with E-state index in [1.165, 1.54) is 0 Å². The normalized spacial score (nSPS) is 44.0. The van der Waals surface area contributed by atoms with Gasteiger partial charge in [-0.25, -0.2) is 0 Å². The standard InChI is InChI=1S/C26H50N6O12/c27-13-2-1-11(4-31-5-12(35)6-33)8-41-23(13)43-21-14(28)3-15(32-25(30)26(39)9-40-10-26)22(20(21)38)44-24-19(37)17(29)18(36)16(7-34)42-24/h11-24,31,33-39H,1-10,27-29H2,(H2,30,32). The fourth-order valence-electron chi connectivity index (χ4n) is 5.80. The first kappa shape index (κ1) is 35.7. The number of hydrogen-bond acceptors (Lipinski definition) is 17. The fraction of sp³-hybridized carbons (Fsp3) is 0.962. The van der Waals surface area contributed by atoms with Crippen molar-refractivity contribution in [3.63, 3.8) is 0 Å². The zero-order chi connectivity index (χ0) is 32.2. The molecule has 0 bridgehead atoms. The zero-order valence-electron chi connectivity index (χ0n) is 24.6. The first-order valence-electron chi connectivity index (χ1n) is 15.0. The maximum atomic E-state index is 11.6. The number of rotatable bonds is 12. The third kappa shape index (κ3) is 8.21. The summed E-state index contributed by atoms with van der Waals surface area (Å²) >= 11 is 0. The van der Waals surface area contributed by atoms with Gasteiger partial charge in [0.2, 0.25) is 0 Å². The second kappa shape index (κ2) is 15.6. The van der Waals surface area contributed by atoms with Gasteiger partial charge < -0.3 is 87.7 Å². The minimum absolute atomic E-state index is 0.0496. The predicted octanol–water partition coefficient (Wildman–Crippen LogP) is -6.88. The van der Waals surface area contributed by atoms with Gasteiger partial charge >= 0.3 is 0 Å². The van der Waals surface area contributed by atoms with Gasteiger partial charge in [-0.05, 0) is 25.2 Å². The third-order valence-corrected chi connectivity index (χ3v) is 8.75. The number of aliphatic hydroxyl groups is 7. The van der Waals surface area contributed by atoms with Crippen LogP contribution in [0.4, 0.5) is 0 Å². The molecule has 1 aliphatic carbocycles. The SMILES string of the molecule is NC(=NC1CC(N)C(OC2OCC(CNCC(O)CO)CCC2N)C(O)C1OC1OC(CO)C(O)C(N)C1O)C1(O)COC1. The highest BCUT2D eigenvalue weighted by Crippen LogP contribution is 2.33. The van der Waals surface area contributed by atoms with Gasteiger partial charge in [0.05, 0.1) is 57.3 Å². The van der Waals surface area contributed by atoms with Gasteiger partial charge in [0.15, 0.2) is 18.2 Å². The van der Waals surface area contributed by atoms with E-state index in [4.69, 9.17) is 51.7 Å². The average molecular weight is 639 g/mol. The van der Waals surface area contributed by atoms with Gasteiger partial charge in [0, 0.05) is 19.1 Å². The van der Waals surface area contributed by atoms with Crippen molar-refractivity contribution in [3.05, 3.63) is 0 Å². The van der Waals surface area contributed by atoms with Gasteiger partial charge in [0.1, 0.15) is 42.5 Å². The van der Waals surface area contributed by atoms with Gasteiger partial charge in [0.25, 0.3) is 0 Å². The molecule has 18 nitrogen and oxygen atoms in total. The molecule has 256 valence electrons. The zero-order valence-corrected chi connectivity index (χ0v) is 24.6. The average Bonchev–Trinajstić information content (AvgIpc) is 3.16. The Labute approximate surface area is 255 Å². The summed E-state index contributed by atoms with van der Waals surface area (Å²) < 4.78 is 28.9. The Morgan fingerprint density at radius 2 is 1.68 bits per heavy atom. The lowest BCUT2D eigenvalue weighted by molar-refractivity contribution is -0.310. The molecule has 0 aromatic rings. The van der Waals surface area contributed by atoms with E-state index in [1.807, 2.05) is 0 Å². The lowest BCUT2D eigenvalue weighted by Crippen LogP contribution is -2.67. The Morgan fingerprint density at radius 1 is 0.977 bits per heavy atom. The Hall–Kier alpha value is -1.17. The summed E-state index contributed by atoms with van der Waals surface area (Å²) in [7, 11) is 0. The minimum atomic E-state index is -1.54. The van der Waals surface area contributed by atoms with Crippen LogP contribution in [0, 0.1) is 5.92 Å². The number of nitrogens with one attached hydrogen (secondary N) is 1. The molecule has 3 heterocycles. The van der Waals surface area contributed by atoms with Crippen molar-refractivity contribution in [1.82, 2.24) is 5.32 Å². The maximum absolute atomic E-state index is 11.6. The highest BCUT2D eigenvalue weighted by atomic mass is 16.7. The van der Waals surface area contributed by atoms with Crippen LogP contribution in [-0.2, 0) is 23.7 Å². The van der Waals surface area contributed by atoms with E-state index in [0.717, 1.165) is 0 Å². The molecule has 1 saturated carbocycles. The number of aliphatic hydroxyl groups excluding tert-OH is 6. The number of ether oxygens (including phenoxy) is 5. The summed E-state index contributed by atoms with van der Waals surface area (Å²) in [5, 5.41) is 74.5. The number of aliphatic imine (C=N–C) groups is 1. The van der Waals surface area contributed by atoms with Gasteiger partial charge in [-0.1, -0.05) is 0 Å². The van der Waals surface area contributed by atoms with E-state index < -0.39 is 91.7 Å². The molecule has 0 radical (unpaired) electrons. The number of nitrogens with zero attached hydrogens (tertiary/aromatic N) is 1. The van der Waals surface area contributed by atoms with Crippen molar-refractivity contribution in [1.29, 1.82) is 0 Å². The molecule has 0 amide bonds. The Bertz CT molecular complexity index is 934. The molecule has 3 aliphatic heterocycles. The van der Waals surface area contributed by atoms with Crippen LogP contribution in [0.15, 0.2) is 4.99 Å². The van der Waals surface area contributed by atoms with Gasteiger partial charge in [-0.2, -0.15) is 0 Å². The molecular formula is C26H50N6O12. The van der Waals surface area contributed by atoms with E-state index in [9.17, 15) is 30.6 Å². The molecule has 4 rings (SSSR count). The molecule has 16 N–H and O–H groups in total. The van der Waals surface area contributed by atoms with Gasteiger partial charge in [-0.15, -0.1) is 0 Å². The van der Waals surface area contributed by atoms with Crippen LogP contribution in [0.25, 0.3) is 0 Å². The van der Waals surface area contributed by atoms with Crippen LogP contribution in [0.5, 0.6) is 0 Å². The van der Waals surface area contributed by atoms with E-state index in [1.54, 1.807) is 0 Å². The van der Waals surface area contributed by atoms with Crippen LogP contribution in [0.1, 0.15) is 19.3 Å². The van der Waals surface area contributed by atoms with E-state index in [2.05, 4.69) is 10.3 Å². The van der Waals surface area contributed by atoms with Crippen LogP contribution >= 0.6 is 0 Å². The molecule has 3 saturated heterocycles. The number of amidine groups is 1. The van der Waals surface area contributed by atoms with E-state index in [-0.39, 0.29) is 51.1 Å². The Balaban J connectivity index is 1.49. The topological polar surface area (TPSA) is 316 Å². The first-order valence-corrected chi connectivity index (χ1v) is 15.0. The molecule has 14 unspecified atom stereocenters. The molecule has 14 atom stereocenters.